The van der Waals surface area contributed by atoms with E-state index >= 15 is 0 Å². The van der Waals surface area contributed by atoms with Crippen LogP contribution in [-0.4, -0.2) is 51.8 Å². The van der Waals surface area contributed by atoms with E-state index in [2.05, 4.69) is 32.6 Å². The zero-order valence-electron chi connectivity index (χ0n) is 10.5. The minimum Gasteiger partial charge on any atom is -0.394 e. The van der Waals surface area contributed by atoms with E-state index in [9.17, 15) is 9.90 Å². The molecule has 1 saturated heterocycles. The summed E-state index contributed by atoms with van der Waals surface area (Å²) in [6.45, 7) is 0.321. The Morgan fingerprint density at radius 1 is 1.60 bits per heavy atom. The number of fused-ring (bicyclic) bond motifs is 1. The Kier molecular flexibility index (Phi) is 3.60. The molecule has 4 unspecified atom stereocenters. The number of aliphatic hydroxyl groups excluding tert-OH is 2. The fourth-order valence-electron chi connectivity index (χ4n) is 2.66. The Morgan fingerprint density at radius 2 is 2.35 bits per heavy atom. The van der Waals surface area contributed by atoms with Crippen LogP contribution < -0.4 is 16.2 Å². The number of rotatable bonds is 2. The second kappa shape index (κ2) is 5.13. The largest absolute Gasteiger partial charge is 0.394 e. The third-order valence-corrected chi connectivity index (χ3v) is 4.64. The second-order valence-electron chi connectivity index (χ2n) is 4.92. The fraction of sp³-hybridized carbons (Fsp3) is 0.636. The van der Waals surface area contributed by atoms with E-state index in [-0.39, 0.29) is 22.0 Å². The van der Waals surface area contributed by atoms with Gasteiger partial charge >= 0.3 is 0 Å². The first-order chi connectivity index (χ1) is 9.51. The number of aromatic nitrogens is 2. The topological polar surface area (TPSA) is 125 Å². The van der Waals surface area contributed by atoms with Gasteiger partial charge < -0.3 is 25.6 Å². The van der Waals surface area contributed by atoms with E-state index in [1.807, 2.05) is 4.90 Å². The predicted molar refractivity (Wildman–Crippen MR) is 79.7 cm³/mol. The molecule has 9 heteroatoms. The number of aliphatic hydroxyl groups is 2. The van der Waals surface area contributed by atoms with E-state index in [0.717, 1.165) is 0 Å². The van der Waals surface area contributed by atoms with Crippen molar-refractivity contribution < 1.29 is 14.9 Å². The molecule has 0 amide bonds. The molecule has 8 nitrogen and oxygen atoms in total. The van der Waals surface area contributed by atoms with Crippen LogP contribution in [-0.2, 0) is 4.74 Å². The zero-order valence-corrected chi connectivity index (χ0v) is 12.6. The first kappa shape index (κ1) is 14.0. The van der Waals surface area contributed by atoms with Crippen LogP contribution in [0, 0.1) is 0 Å². The molecule has 0 radical (unpaired) electrons. The predicted octanol–water partition coefficient (Wildman–Crippen LogP) is -0.884. The highest BCUT2D eigenvalue weighted by molar-refractivity contribution is 14.1. The lowest BCUT2D eigenvalue weighted by Crippen LogP contribution is -2.35. The van der Waals surface area contributed by atoms with Gasteiger partial charge in [0.05, 0.1) is 22.2 Å². The normalized spacial score (nSPS) is 32.6. The van der Waals surface area contributed by atoms with Crippen LogP contribution in [0.5, 0.6) is 0 Å². The summed E-state index contributed by atoms with van der Waals surface area (Å²) in [5.74, 6) is 0.558. The molecule has 1 aromatic heterocycles. The van der Waals surface area contributed by atoms with Gasteiger partial charge in [-0.25, -0.2) is 0 Å². The maximum absolute atomic E-state index is 12.0. The number of H-pyrrole nitrogens is 1. The standard InChI is InChI=1S/C11H15IN4O4/c12-4-2-16(7-1-5(18)6(3-17)20-7)9-8(4)10(19)15-11(13)14-9/h4-7,17-18H,1-3H2,(H3,13,14,15,19). The van der Waals surface area contributed by atoms with Gasteiger partial charge in [-0.3, -0.25) is 9.78 Å². The molecule has 110 valence electrons. The van der Waals surface area contributed by atoms with Crippen molar-refractivity contribution in [3.05, 3.63) is 15.9 Å². The summed E-state index contributed by atoms with van der Waals surface area (Å²) in [5, 5.41) is 19.0. The molecule has 1 fully saturated rings. The summed E-state index contributed by atoms with van der Waals surface area (Å²) in [4.78, 5) is 20.5. The lowest BCUT2D eigenvalue weighted by Gasteiger charge is -2.25. The number of halogens is 1. The fourth-order valence-corrected chi connectivity index (χ4v) is 3.65. The molecule has 20 heavy (non-hydrogen) atoms. The molecular weight excluding hydrogens is 379 g/mol. The molecule has 0 spiro atoms. The van der Waals surface area contributed by atoms with Crippen molar-refractivity contribution in [3.8, 4) is 0 Å². The first-order valence-corrected chi connectivity index (χ1v) is 7.50. The number of nitrogens with one attached hydrogen (secondary N) is 1. The van der Waals surface area contributed by atoms with Crippen LogP contribution in [0.3, 0.4) is 0 Å². The number of nitrogens with two attached hydrogens (primary N) is 1. The summed E-state index contributed by atoms with van der Waals surface area (Å²) < 4.78 is 5.60. The molecule has 0 aliphatic carbocycles. The van der Waals surface area contributed by atoms with Crippen LogP contribution in [0.15, 0.2) is 4.79 Å². The molecule has 2 aliphatic heterocycles. The van der Waals surface area contributed by atoms with Gasteiger partial charge in [-0.05, 0) is 0 Å². The SMILES string of the molecule is Nc1nc2c(c(=O)[nH]1)C(I)CN2C1CC(O)C(CO)O1. The van der Waals surface area contributed by atoms with Gasteiger partial charge in [0, 0.05) is 13.0 Å². The Morgan fingerprint density at radius 3 is 3.00 bits per heavy atom. The van der Waals surface area contributed by atoms with Crippen molar-refractivity contribution in [2.75, 3.05) is 23.8 Å². The number of hydrogen-bond acceptors (Lipinski definition) is 7. The van der Waals surface area contributed by atoms with E-state index in [4.69, 9.17) is 15.6 Å². The first-order valence-electron chi connectivity index (χ1n) is 6.26. The minimum atomic E-state index is -0.721. The van der Waals surface area contributed by atoms with Gasteiger partial charge in [0.1, 0.15) is 18.1 Å². The number of aromatic amines is 1. The molecule has 0 bridgehead atoms. The molecule has 3 rings (SSSR count). The number of hydrogen-bond donors (Lipinski definition) is 4. The average molecular weight is 394 g/mol. The number of ether oxygens (including phenoxy) is 1. The molecule has 1 aromatic rings. The lowest BCUT2D eigenvalue weighted by molar-refractivity contribution is -0.0220. The van der Waals surface area contributed by atoms with Gasteiger partial charge in [-0.2, -0.15) is 4.98 Å². The zero-order chi connectivity index (χ0) is 14.4. The van der Waals surface area contributed by atoms with Crippen molar-refractivity contribution in [2.45, 2.75) is 28.8 Å². The average Bonchev–Trinajstić information content (AvgIpc) is 2.90. The van der Waals surface area contributed by atoms with Crippen molar-refractivity contribution in [3.63, 3.8) is 0 Å². The van der Waals surface area contributed by atoms with Crippen molar-refractivity contribution in [1.29, 1.82) is 0 Å². The van der Waals surface area contributed by atoms with E-state index < -0.39 is 18.4 Å². The molecule has 0 aromatic carbocycles. The number of nitrogens with zero attached hydrogens (tertiary/aromatic N) is 2. The summed E-state index contributed by atoms with van der Waals surface area (Å²) >= 11 is 2.17. The number of alkyl halides is 1. The summed E-state index contributed by atoms with van der Waals surface area (Å²) in [6, 6.07) is 0. The second-order valence-corrected chi connectivity index (χ2v) is 6.43. The number of nitrogen functional groups attached to an aromatic ring is 1. The maximum Gasteiger partial charge on any atom is 0.258 e. The van der Waals surface area contributed by atoms with Gasteiger partial charge in [-0.15, -0.1) is 0 Å². The third-order valence-electron chi connectivity index (χ3n) is 3.63. The van der Waals surface area contributed by atoms with Crippen LogP contribution in [0.4, 0.5) is 11.8 Å². The van der Waals surface area contributed by atoms with Gasteiger partial charge in [0.2, 0.25) is 5.95 Å². The quantitative estimate of drug-likeness (QED) is 0.379. The van der Waals surface area contributed by atoms with E-state index in [1.54, 1.807) is 0 Å². The van der Waals surface area contributed by atoms with Crippen molar-refractivity contribution >= 4 is 34.4 Å². The molecular formula is C11H15IN4O4. The summed E-state index contributed by atoms with van der Waals surface area (Å²) in [7, 11) is 0. The highest BCUT2D eigenvalue weighted by Crippen LogP contribution is 2.40. The smallest absolute Gasteiger partial charge is 0.258 e. The van der Waals surface area contributed by atoms with Gasteiger partial charge in [0.15, 0.2) is 0 Å². The maximum atomic E-state index is 12.0. The van der Waals surface area contributed by atoms with Crippen molar-refractivity contribution in [1.82, 2.24) is 9.97 Å². The van der Waals surface area contributed by atoms with Crippen LogP contribution in [0.25, 0.3) is 0 Å². The third kappa shape index (κ3) is 2.18. The molecule has 2 aliphatic rings. The van der Waals surface area contributed by atoms with Crippen molar-refractivity contribution in [2.24, 2.45) is 0 Å². The summed E-state index contributed by atoms with van der Waals surface area (Å²) in [5.41, 5.74) is 5.92. The highest BCUT2D eigenvalue weighted by Gasteiger charge is 2.42. The Balaban J connectivity index is 1.94. The van der Waals surface area contributed by atoms with Crippen LogP contribution in [0.1, 0.15) is 15.9 Å². The molecule has 0 saturated carbocycles. The monoisotopic (exact) mass is 394 g/mol. The van der Waals surface area contributed by atoms with Crippen LogP contribution in [0.2, 0.25) is 0 Å². The molecule has 5 N–H and O–H groups in total. The Hall–Kier alpha value is -0.910. The highest BCUT2D eigenvalue weighted by atomic mass is 127. The van der Waals surface area contributed by atoms with Gasteiger partial charge in [-0.1, -0.05) is 22.6 Å². The molecule has 3 heterocycles. The minimum absolute atomic E-state index is 0.0200. The Labute approximate surface area is 128 Å². The lowest BCUT2D eigenvalue weighted by atomic mass is 10.2. The number of anilines is 2. The molecule has 4 atom stereocenters. The van der Waals surface area contributed by atoms with E-state index in [0.29, 0.717) is 24.3 Å². The van der Waals surface area contributed by atoms with Crippen LogP contribution >= 0.6 is 22.6 Å². The van der Waals surface area contributed by atoms with Gasteiger partial charge in [0.25, 0.3) is 5.56 Å². The Bertz CT molecular complexity index is 580. The summed E-state index contributed by atoms with van der Waals surface area (Å²) in [6.07, 6.45) is -1.37. The van der Waals surface area contributed by atoms with E-state index in [1.165, 1.54) is 0 Å².